The Labute approximate surface area is 201 Å². The fourth-order valence-electron chi connectivity index (χ4n) is 3.90. The van der Waals surface area contributed by atoms with Crippen molar-refractivity contribution in [2.24, 2.45) is 5.92 Å². The van der Waals surface area contributed by atoms with E-state index in [0.717, 1.165) is 5.56 Å². The smallest absolute Gasteiger partial charge is 0.255 e. The van der Waals surface area contributed by atoms with Gasteiger partial charge in [-0.15, -0.1) is 0 Å². The molecule has 1 saturated heterocycles. The lowest BCUT2D eigenvalue weighted by molar-refractivity contribution is -0.116. The summed E-state index contributed by atoms with van der Waals surface area (Å²) >= 11 is 0. The number of carbonyl (C=O) groups is 2. The van der Waals surface area contributed by atoms with E-state index in [1.54, 1.807) is 0 Å². The van der Waals surface area contributed by atoms with E-state index in [0.29, 0.717) is 45.4 Å². The highest BCUT2D eigenvalue weighted by atomic mass is 32.2. The molecule has 0 unspecified atom stereocenters. The second-order valence-corrected chi connectivity index (χ2v) is 10.1. The lowest BCUT2D eigenvalue weighted by Crippen LogP contribution is -2.41. The molecule has 9 heteroatoms. The number of hydrogen-bond acceptors (Lipinski definition) is 5. The van der Waals surface area contributed by atoms with Gasteiger partial charge in [-0.1, -0.05) is 36.9 Å². The number of carbonyl (C=O) groups excluding carboxylic acids is 2. The van der Waals surface area contributed by atoms with Gasteiger partial charge in [-0.2, -0.15) is 4.31 Å². The van der Waals surface area contributed by atoms with Crippen molar-refractivity contribution in [3.05, 3.63) is 72.3 Å². The molecule has 1 heterocycles. The van der Waals surface area contributed by atoms with Gasteiger partial charge in [0.1, 0.15) is 5.75 Å². The third-order valence-electron chi connectivity index (χ3n) is 5.92. The minimum absolute atomic E-state index is 0.0867. The Morgan fingerprint density at radius 2 is 1.82 bits per heavy atom. The molecule has 1 aliphatic rings. The van der Waals surface area contributed by atoms with Crippen molar-refractivity contribution in [1.82, 2.24) is 14.9 Å². The first-order valence-electron chi connectivity index (χ1n) is 11.3. The zero-order chi connectivity index (χ0) is 24.6. The molecular formula is C25H31N3O5S. The summed E-state index contributed by atoms with van der Waals surface area (Å²) < 4.78 is 33.1. The number of sulfonamides is 1. The summed E-state index contributed by atoms with van der Waals surface area (Å²) in [6.45, 7) is 5.10. The van der Waals surface area contributed by atoms with Crippen LogP contribution >= 0.6 is 0 Å². The average Bonchev–Trinajstić information content (AvgIpc) is 2.87. The SMILES string of the molecule is C=CC(=O)NCC1CCN(S(=O)(=O)c2ccc(C(=O)NCCc3ccccc3)c(OC)c2)CC1. The van der Waals surface area contributed by atoms with Gasteiger partial charge in [-0.25, -0.2) is 8.42 Å². The van der Waals surface area contributed by atoms with Crippen LogP contribution < -0.4 is 15.4 Å². The molecular weight excluding hydrogens is 454 g/mol. The topological polar surface area (TPSA) is 105 Å². The van der Waals surface area contributed by atoms with Gasteiger partial charge in [0.05, 0.1) is 17.6 Å². The average molecular weight is 486 g/mol. The standard InChI is InChI=1S/C25H31N3O5S/c1-3-24(29)27-18-20-12-15-28(16-13-20)34(31,32)21-9-10-22(23(17-21)33-2)25(30)26-14-11-19-7-5-4-6-8-19/h3-10,17,20H,1,11-16,18H2,2H3,(H,26,30)(H,27,29). The first-order valence-corrected chi connectivity index (χ1v) is 12.7. The van der Waals surface area contributed by atoms with Crippen molar-refractivity contribution in [2.75, 3.05) is 33.3 Å². The van der Waals surface area contributed by atoms with Crippen LogP contribution in [0.1, 0.15) is 28.8 Å². The van der Waals surface area contributed by atoms with E-state index in [9.17, 15) is 18.0 Å². The van der Waals surface area contributed by atoms with Gasteiger partial charge < -0.3 is 15.4 Å². The highest BCUT2D eigenvalue weighted by Gasteiger charge is 2.30. The first-order chi connectivity index (χ1) is 16.3. The molecule has 1 fully saturated rings. The number of nitrogens with one attached hydrogen (secondary N) is 2. The monoisotopic (exact) mass is 485 g/mol. The van der Waals surface area contributed by atoms with Crippen molar-refractivity contribution >= 4 is 21.8 Å². The van der Waals surface area contributed by atoms with Crippen molar-refractivity contribution in [3.63, 3.8) is 0 Å². The lowest BCUT2D eigenvalue weighted by Gasteiger charge is -2.31. The van der Waals surface area contributed by atoms with Crippen LogP contribution in [0.25, 0.3) is 0 Å². The molecule has 182 valence electrons. The second kappa shape index (κ2) is 11.8. The van der Waals surface area contributed by atoms with E-state index in [1.807, 2.05) is 30.3 Å². The highest BCUT2D eigenvalue weighted by Crippen LogP contribution is 2.28. The molecule has 0 aromatic heterocycles. The Hall–Kier alpha value is -3.17. The fourth-order valence-corrected chi connectivity index (χ4v) is 5.39. The van der Waals surface area contributed by atoms with E-state index in [4.69, 9.17) is 4.74 Å². The van der Waals surface area contributed by atoms with Gasteiger partial charge >= 0.3 is 0 Å². The van der Waals surface area contributed by atoms with E-state index in [1.165, 1.54) is 35.7 Å². The molecule has 0 atom stereocenters. The minimum Gasteiger partial charge on any atom is -0.496 e. The van der Waals surface area contributed by atoms with Gasteiger partial charge in [-0.3, -0.25) is 9.59 Å². The summed E-state index contributed by atoms with van der Waals surface area (Å²) in [6, 6.07) is 14.2. The number of methoxy groups -OCH3 is 1. The van der Waals surface area contributed by atoms with Crippen LogP contribution in [0.3, 0.4) is 0 Å². The van der Waals surface area contributed by atoms with Crippen molar-refractivity contribution in [2.45, 2.75) is 24.2 Å². The molecule has 1 aliphatic heterocycles. The summed E-state index contributed by atoms with van der Waals surface area (Å²) in [6.07, 6.45) is 3.21. The molecule has 2 N–H and O–H groups in total. The Morgan fingerprint density at radius 1 is 1.12 bits per heavy atom. The van der Waals surface area contributed by atoms with Crippen LogP contribution in [0.4, 0.5) is 0 Å². The third-order valence-corrected chi connectivity index (χ3v) is 7.82. The molecule has 2 aromatic carbocycles. The normalized spacial score (nSPS) is 14.9. The van der Waals surface area contributed by atoms with Gasteiger partial charge in [0.2, 0.25) is 15.9 Å². The third kappa shape index (κ3) is 6.45. The largest absolute Gasteiger partial charge is 0.496 e. The molecule has 0 saturated carbocycles. The molecule has 8 nitrogen and oxygen atoms in total. The van der Waals surface area contributed by atoms with Crippen molar-refractivity contribution in [3.8, 4) is 5.75 Å². The predicted molar refractivity (Wildman–Crippen MR) is 130 cm³/mol. The Morgan fingerprint density at radius 3 is 2.47 bits per heavy atom. The number of nitrogens with zero attached hydrogens (tertiary/aromatic N) is 1. The Kier molecular flexibility index (Phi) is 8.84. The van der Waals surface area contributed by atoms with Crippen LogP contribution in [0, 0.1) is 5.92 Å². The van der Waals surface area contributed by atoms with Gasteiger partial charge in [0, 0.05) is 32.2 Å². The summed E-state index contributed by atoms with van der Waals surface area (Å²) in [5.41, 5.74) is 1.40. The Balaban J connectivity index is 1.61. The summed E-state index contributed by atoms with van der Waals surface area (Å²) in [5.74, 6) is -0.127. The fraction of sp³-hybridized carbons (Fsp3) is 0.360. The molecule has 0 aliphatic carbocycles. The molecule has 34 heavy (non-hydrogen) atoms. The van der Waals surface area contributed by atoms with Crippen LogP contribution in [-0.2, 0) is 21.2 Å². The zero-order valence-corrected chi connectivity index (χ0v) is 20.1. The predicted octanol–water partition coefficient (Wildman–Crippen LogP) is 2.37. The number of ether oxygens (including phenoxy) is 1. The number of piperidine rings is 1. The van der Waals surface area contributed by atoms with Gasteiger partial charge in [0.15, 0.2) is 0 Å². The maximum Gasteiger partial charge on any atom is 0.255 e. The number of hydrogen-bond donors (Lipinski definition) is 2. The van der Waals surface area contributed by atoms with Crippen LogP contribution in [-0.4, -0.2) is 57.8 Å². The van der Waals surface area contributed by atoms with Crippen LogP contribution in [0.5, 0.6) is 5.75 Å². The van der Waals surface area contributed by atoms with Crippen LogP contribution in [0.15, 0.2) is 66.1 Å². The van der Waals surface area contributed by atoms with Crippen molar-refractivity contribution in [1.29, 1.82) is 0 Å². The lowest BCUT2D eigenvalue weighted by atomic mass is 9.98. The quantitative estimate of drug-likeness (QED) is 0.503. The van der Waals surface area contributed by atoms with Gasteiger partial charge in [-0.05, 0) is 49.0 Å². The van der Waals surface area contributed by atoms with E-state index < -0.39 is 10.0 Å². The van der Waals surface area contributed by atoms with E-state index in [-0.39, 0.29) is 33.9 Å². The maximum atomic E-state index is 13.2. The first kappa shape index (κ1) is 25.5. The zero-order valence-electron chi connectivity index (χ0n) is 19.3. The number of benzene rings is 2. The van der Waals surface area contributed by atoms with E-state index in [2.05, 4.69) is 17.2 Å². The molecule has 0 spiro atoms. The van der Waals surface area contributed by atoms with E-state index >= 15 is 0 Å². The van der Waals surface area contributed by atoms with Crippen molar-refractivity contribution < 1.29 is 22.7 Å². The van der Waals surface area contributed by atoms with Crippen LogP contribution in [0.2, 0.25) is 0 Å². The van der Waals surface area contributed by atoms with Gasteiger partial charge in [0.25, 0.3) is 5.91 Å². The maximum absolute atomic E-state index is 13.2. The molecule has 0 radical (unpaired) electrons. The molecule has 2 aromatic rings. The number of rotatable bonds is 10. The minimum atomic E-state index is -3.73. The Bertz CT molecular complexity index is 1110. The second-order valence-electron chi connectivity index (χ2n) is 8.15. The molecule has 3 rings (SSSR count). The summed E-state index contributed by atoms with van der Waals surface area (Å²) in [7, 11) is -2.32. The summed E-state index contributed by atoms with van der Waals surface area (Å²) in [5, 5.41) is 5.62. The summed E-state index contributed by atoms with van der Waals surface area (Å²) in [4.78, 5) is 24.1. The molecule has 2 amide bonds. The highest BCUT2D eigenvalue weighted by molar-refractivity contribution is 7.89. The number of amides is 2. The molecule has 0 bridgehead atoms.